The number of quaternary nitrogens is 1. The van der Waals surface area contributed by atoms with Crippen LogP contribution in [0.15, 0.2) is 76.2 Å². The van der Waals surface area contributed by atoms with E-state index in [9.17, 15) is 0 Å². The minimum atomic E-state index is 0.707. The van der Waals surface area contributed by atoms with Crippen molar-refractivity contribution in [2.45, 2.75) is 38.1 Å². The van der Waals surface area contributed by atoms with Crippen molar-refractivity contribution in [3.63, 3.8) is 0 Å². The molecule has 1 aromatic heterocycles. The van der Waals surface area contributed by atoms with E-state index in [1.807, 2.05) is 23.1 Å². The standard InChI is InChI=1S/C32H38N3O3S3/c1-23-12-14-28-27(20-23)33(16-8-18-35(3,4)5)30(40-28)21-24(2)22-31-34(17-9-19-39-38-37-36)32-26-11-7-6-10-25(26)13-15-29(32)41-31/h6-7,10-15,20-22H,8-9,16-19H2,1-5H3/q+1/p+1. The maximum atomic E-state index is 8.48. The van der Waals surface area contributed by atoms with Gasteiger partial charge in [0.2, 0.25) is 5.52 Å². The number of rotatable bonds is 12. The molecule has 5 rings (SSSR count). The summed E-state index contributed by atoms with van der Waals surface area (Å²) in [6, 6.07) is 19.8. The van der Waals surface area contributed by atoms with E-state index in [1.54, 1.807) is 0 Å². The maximum Gasteiger partial charge on any atom is 0.263 e. The van der Waals surface area contributed by atoms with Gasteiger partial charge in [-0.25, -0.2) is 5.26 Å². The smallest absolute Gasteiger partial charge is 0.263 e. The number of benzene rings is 3. The molecule has 6 nitrogen and oxygen atoms in total. The fourth-order valence-corrected chi connectivity index (χ4v) is 7.98. The van der Waals surface area contributed by atoms with Gasteiger partial charge in [-0.05, 0) is 60.7 Å². The van der Waals surface area contributed by atoms with Gasteiger partial charge in [0.1, 0.15) is 4.70 Å². The molecule has 2 heterocycles. The molecule has 1 aliphatic heterocycles. The minimum absolute atomic E-state index is 0.707. The summed E-state index contributed by atoms with van der Waals surface area (Å²) in [5, 5.41) is 17.3. The van der Waals surface area contributed by atoms with Gasteiger partial charge in [0.15, 0.2) is 6.54 Å². The first-order valence-corrected chi connectivity index (χ1v) is 16.5. The molecular formula is C32H39N3O3S3+2. The monoisotopic (exact) mass is 609 g/mol. The molecule has 4 aromatic rings. The molecule has 41 heavy (non-hydrogen) atoms. The number of hydrogen-bond acceptors (Lipinski definition) is 7. The van der Waals surface area contributed by atoms with Gasteiger partial charge < -0.3 is 9.38 Å². The molecule has 0 amide bonds. The average Bonchev–Trinajstić information content (AvgIpc) is 3.45. The highest BCUT2D eigenvalue weighted by molar-refractivity contribution is 8.03. The molecule has 0 saturated heterocycles. The molecule has 3 aromatic carbocycles. The Balaban J connectivity index is 1.49. The number of thioether (sulfide) groups is 1. The van der Waals surface area contributed by atoms with E-state index in [2.05, 4.69) is 121 Å². The van der Waals surface area contributed by atoms with E-state index in [1.165, 1.54) is 52.7 Å². The van der Waals surface area contributed by atoms with E-state index < -0.39 is 0 Å². The number of nitrogens with zero attached hydrogens (tertiary/aromatic N) is 3. The quantitative estimate of drug-likeness (QED) is 0.0438. The Labute approximate surface area is 255 Å². The van der Waals surface area contributed by atoms with Gasteiger partial charge in [0, 0.05) is 48.2 Å². The third-order valence-electron chi connectivity index (χ3n) is 7.10. The van der Waals surface area contributed by atoms with Gasteiger partial charge in [-0.1, -0.05) is 58.5 Å². The molecule has 0 atom stereocenters. The largest absolute Gasteiger partial charge is 0.335 e. The molecule has 1 N–H and O–H groups in total. The molecule has 0 spiro atoms. The zero-order chi connectivity index (χ0) is 29.0. The zero-order valence-electron chi connectivity index (χ0n) is 24.4. The summed E-state index contributed by atoms with van der Waals surface area (Å²) in [5.41, 5.74) is 5.11. The van der Waals surface area contributed by atoms with Crippen LogP contribution >= 0.6 is 35.1 Å². The molecule has 216 valence electrons. The number of anilines is 1. The van der Waals surface area contributed by atoms with E-state index in [-0.39, 0.29) is 0 Å². The van der Waals surface area contributed by atoms with E-state index in [0.29, 0.717) is 5.75 Å². The highest BCUT2D eigenvalue weighted by atomic mass is 32.2. The summed E-state index contributed by atoms with van der Waals surface area (Å²) in [7, 11) is 6.78. The highest BCUT2D eigenvalue weighted by Gasteiger charge is 2.26. The van der Waals surface area contributed by atoms with Crippen molar-refractivity contribution in [2.24, 2.45) is 0 Å². The number of thiazole rings is 1. The summed E-state index contributed by atoms with van der Waals surface area (Å²) < 4.78 is 9.29. The summed E-state index contributed by atoms with van der Waals surface area (Å²) in [6.07, 6.45) is 6.68. The van der Waals surface area contributed by atoms with Crippen molar-refractivity contribution in [3.8, 4) is 0 Å². The molecule has 0 unspecified atom stereocenters. The lowest BCUT2D eigenvalue weighted by atomic mass is 10.1. The Bertz CT molecular complexity index is 1590. The normalized spacial score (nSPS) is 15.0. The van der Waals surface area contributed by atoms with Crippen LogP contribution in [0.3, 0.4) is 0 Å². The van der Waals surface area contributed by atoms with Gasteiger partial charge >= 0.3 is 0 Å². The first kappa shape index (κ1) is 30.1. The lowest BCUT2D eigenvalue weighted by Crippen LogP contribution is -2.37. The second-order valence-corrected chi connectivity index (χ2v) is 14.4. The average molecular weight is 610 g/mol. The Morgan fingerprint density at radius 3 is 2.73 bits per heavy atom. The third-order valence-corrected chi connectivity index (χ3v) is 9.92. The summed E-state index contributed by atoms with van der Waals surface area (Å²) in [4.78, 5) is 3.84. The van der Waals surface area contributed by atoms with Crippen molar-refractivity contribution in [2.75, 3.05) is 44.9 Å². The number of aromatic nitrogens is 1. The van der Waals surface area contributed by atoms with E-state index in [0.717, 1.165) is 49.0 Å². The predicted octanol–water partition coefficient (Wildman–Crippen LogP) is 8.06. The van der Waals surface area contributed by atoms with E-state index >= 15 is 0 Å². The zero-order valence-corrected chi connectivity index (χ0v) is 26.9. The van der Waals surface area contributed by atoms with Crippen LogP contribution in [-0.4, -0.2) is 49.7 Å². The molecule has 1 aliphatic rings. The second-order valence-electron chi connectivity index (χ2n) is 11.5. The van der Waals surface area contributed by atoms with Crippen molar-refractivity contribution < 1.29 is 23.7 Å². The van der Waals surface area contributed by atoms with E-state index in [4.69, 9.17) is 5.26 Å². The van der Waals surface area contributed by atoms with Crippen molar-refractivity contribution in [1.29, 1.82) is 0 Å². The van der Waals surface area contributed by atoms with Crippen molar-refractivity contribution in [3.05, 3.63) is 81.8 Å². The lowest BCUT2D eigenvalue weighted by molar-refractivity contribution is -0.870. The number of hydrogen-bond donors (Lipinski definition) is 1. The number of aryl methyl sites for hydroxylation is 2. The Morgan fingerprint density at radius 2 is 1.93 bits per heavy atom. The molecule has 0 bridgehead atoms. The van der Waals surface area contributed by atoms with Gasteiger partial charge in [0.25, 0.3) is 5.01 Å². The summed E-state index contributed by atoms with van der Waals surface area (Å²) in [6.45, 7) is 7.36. The fourth-order valence-electron chi connectivity index (χ4n) is 5.22. The third kappa shape index (κ3) is 7.35. The van der Waals surface area contributed by atoms with Crippen molar-refractivity contribution in [1.82, 2.24) is 0 Å². The van der Waals surface area contributed by atoms with Crippen LogP contribution in [-0.2, 0) is 15.9 Å². The fraction of sp³-hybridized carbons (Fsp3) is 0.344. The van der Waals surface area contributed by atoms with Gasteiger partial charge in [-0.2, -0.15) is 4.57 Å². The SMILES string of the molecule is CC(=Cc1sc2ccc3ccccc3c2[n+]1CCCSOOO)C=C1Sc2ccc(C)cc2N1CCC[N+](C)(C)C. The van der Waals surface area contributed by atoms with Crippen LogP contribution < -0.4 is 9.47 Å². The molecular weight excluding hydrogens is 571 g/mol. The number of allylic oxidation sites excluding steroid dienone is 2. The van der Waals surface area contributed by atoms with Crippen LogP contribution in [0.5, 0.6) is 0 Å². The van der Waals surface area contributed by atoms with Gasteiger partial charge in [-0.15, -0.1) is 4.33 Å². The van der Waals surface area contributed by atoms with Crippen LogP contribution in [0.1, 0.15) is 30.3 Å². The van der Waals surface area contributed by atoms with Gasteiger partial charge in [0.05, 0.1) is 43.8 Å². The molecule has 9 heteroatoms. The van der Waals surface area contributed by atoms with Crippen LogP contribution in [0, 0.1) is 6.92 Å². The molecule has 0 radical (unpaired) electrons. The summed E-state index contributed by atoms with van der Waals surface area (Å²) in [5.74, 6) is 0.707. The Hall–Kier alpha value is -2.37. The molecule has 0 aliphatic carbocycles. The highest BCUT2D eigenvalue weighted by Crippen LogP contribution is 2.47. The summed E-state index contributed by atoms with van der Waals surface area (Å²) >= 11 is 4.81. The first-order valence-electron chi connectivity index (χ1n) is 13.9. The second kappa shape index (κ2) is 13.3. The van der Waals surface area contributed by atoms with Crippen LogP contribution in [0.4, 0.5) is 5.69 Å². The molecule has 0 saturated carbocycles. The maximum absolute atomic E-state index is 8.48. The Morgan fingerprint density at radius 1 is 1.10 bits per heavy atom. The molecule has 0 fully saturated rings. The topological polar surface area (TPSA) is 45.8 Å². The van der Waals surface area contributed by atoms with Crippen molar-refractivity contribution >= 4 is 67.9 Å². The number of fused-ring (bicyclic) bond motifs is 4. The first-order chi connectivity index (χ1) is 19.7. The van der Waals surface area contributed by atoms with Crippen LogP contribution in [0.25, 0.3) is 27.1 Å². The minimum Gasteiger partial charge on any atom is -0.335 e. The van der Waals surface area contributed by atoms with Crippen LogP contribution in [0.2, 0.25) is 0 Å². The Kier molecular flexibility index (Phi) is 9.76. The van der Waals surface area contributed by atoms with Gasteiger partial charge in [-0.3, -0.25) is 0 Å². The predicted molar refractivity (Wildman–Crippen MR) is 175 cm³/mol. The lowest BCUT2D eigenvalue weighted by Gasteiger charge is -2.26.